The van der Waals surface area contributed by atoms with Crippen LogP contribution in [0, 0.1) is 23.1 Å². The molecule has 1 unspecified atom stereocenters. The van der Waals surface area contributed by atoms with E-state index in [1.54, 1.807) is 7.05 Å². The van der Waals surface area contributed by atoms with Gasteiger partial charge in [0.25, 0.3) is 0 Å². The number of nitriles is 1. The molecule has 0 aliphatic heterocycles. The molecule has 2 aromatic carbocycles. The molecule has 0 bridgehead atoms. The monoisotopic (exact) mass is 510 g/mol. The number of rotatable bonds is 8. The van der Waals surface area contributed by atoms with Gasteiger partial charge in [0.1, 0.15) is 11.6 Å². The summed E-state index contributed by atoms with van der Waals surface area (Å²) >= 11 is 0. The Morgan fingerprint density at radius 1 is 1.19 bits per heavy atom. The molecule has 3 rings (SSSR count). The van der Waals surface area contributed by atoms with Crippen LogP contribution >= 0.6 is 0 Å². The number of hydrogen-bond acceptors (Lipinski definition) is 5. The van der Waals surface area contributed by atoms with Crippen molar-refractivity contribution >= 4 is 11.6 Å². The van der Waals surface area contributed by atoms with E-state index in [9.17, 15) is 18.7 Å². The van der Waals surface area contributed by atoms with E-state index in [4.69, 9.17) is 5.26 Å². The molecule has 0 radical (unpaired) electrons. The van der Waals surface area contributed by atoms with Crippen LogP contribution in [-0.2, 0) is 22.3 Å². The molecular formula is C29H36F2N4O2. The minimum absolute atomic E-state index is 0.0274. The molecule has 1 amide bonds. The van der Waals surface area contributed by atoms with Gasteiger partial charge in [0.2, 0.25) is 12.1 Å². The van der Waals surface area contributed by atoms with E-state index in [-0.39, 0.29) is 30.8 Å². The van der Waals surface area contributed by atoms with E-state index in [0.717, 1.165) is 17.3 Å². The highest BCUT2D eigenvalue weighted by atomic mass is 19.1. The predicted octanol–water partition coefficient (Wildman–Crippen LogP) is 4.95. The number of carbonyl (C=O) groups is 1. The third kappa shape index (κ3) is 7.67. The molecule has 198 valence electrons. The average molecular weight is 511 g/mol. The number of hydrogen-bond donors (Lipinski definition) is 2. The molecule has 0 heterocycles. The van der Waals surface area contributed by atoms with Crippen molar-refractivity contribution in [1.29, 1.82) is 5.26 Å². The summed E-state index contributed by atoms with van der Waals surface area (Å²) in [4.78, 5) is 18.0. The number of aliphatic imine (C=N–C) groups is 1. The lowest BCUT2D eigenvalue weighted by atomic mass is 9.74. The fourth-order valence-corrected chi connectivity index (χ4v) is 4.81. The lowest BCUT2D eigenvalue weighted by Gasteiger charge is -2.40. The van der Waals surface area contributed by atoms with Crippen molar-refractivity contribution in [2.75, 3.05) is 13.6 Å². The lowest BCUT2D eigenvalue weighted by Crippen LogP contribution is -2.49. The number of amides is 1. The SMILES string of the molecule is CN(Cc1cc(F)cc(F)c1)C(=O)CC(O)CNC1(c2cccc(C(C)(C)C)c2)CCC(=NC#N)CC1. The third-order valence-corrected chi connectivity index (χ3v) is 7.02. The van der Waals surface area contributed by atoms with Gasteiger partial charge < -0.3 is 15.3 Å². The molecule has 1 aliphatic rings. The first-order chi connectivity index (χ1) is 17.4. The van der Waals surface area contributed by atoms with Gasteiger partial charge in [-0.25, -0.2) is 8.78 Å². The van der Waals surface area contributed by atoms with Crippen molar-refractivity contribution in [1.82, 2.24) is 10.2 Å². The Morgan fingerprint density at radius 2 is 1.84 bits per heavy atom. The number of halogens is 2. The number of carbonyl (C=O) groups excluding carboxylic acids is 1. The topological polar surface area (TPSA) is 88.7 Å². The summed E-state index contributed by atoms with van der Waals surface area (Å²) in [6, 6.07) is 11.6. The van der Waals surface area contributed by atoms with Crippen LogP contribution in [0.2, 0.25) is 0 Å². The summed E-state index contributed by atoms with van der Waals surface area (Å²) in [5, 5.41) is 23.2. The average Bonchev–Trinajstić information content (AvgIpc) is 2.83. The largest absolute Gasteiger partial charge is 0.391 e. The number of aliphatic hydroxyl groups excluding tert-OH is 1. The Balaban J connectivity index is 1.69. The molecule has 2 N–H and O–H groups in total. The zero-order valence-corrected chi connectivity index (χ0v) is 22.0. The molecule has 1 aliphatic carbocycles. The van der Waals surface area contributed by atoms with Crippen molar-refractivity contribution < 1.29 is 18.7 Å². The van der Waals surface area contributed by atoms with Crippen molar-refractivity contribution in [2.45, 2.75) is 76.5 Å². The first-order valence-corrected chi connectivity index (χ1v) is 12.6. The molecule has 6 nitrogen and oxygen atoms in total. The van der Waals surface area contributed by atoms with Gasteiger partial charge >= 0.3 is 0 Å². The fourth-order valence-electron chi connectivity index (χ4n) is 4.81. The predicted molar refractivity (Wildman–Crippen MR) is 140 cm³/mol. The standard InChI is InChI=1S/C29H36F2N4O2/c1-28(2,3)21-6-5-7-22(14-21)29(10-8-25(9-11-29)33-19-32)34-17-26(36)16-27(37)35(4)18-20-12-23(30)15-24(31)13-20/h5-7,12-15,26,34,36H,8-11,16-18H2,1-4H3. The summed E-state index contributed by atoms with van der Waals surface area (Å²) in [7, 11) is 1.54. The lowest BCUT2D eigenvalue weighted by molar-refractivity contribution is -0.132. The van der Waals surface area contributed by atoms with E-state index >= 15 is 0 Å². The van der Waals surface area contributed by atoms with Crippen LogP contribution in [0.15, 0.2) is 47.5 Å². The maximum absolute atomic E-state index is 13.5. The minimum Gasteiger partial charge on any atom is -0.391 e. The maximum atomic E-state index is 13.5. The minimum atomic E-state index is -0.948. The summed E-state index contributed by atoms with van der Waals surface area (Å²) in [5.41, 5.74) is 3.08. The number of nitrogens with zero attached hydrogens (tertiary/aromatic N) is 3. The van der Waals surface area contributed by atoms with E-state index < -0.39 is 23.3 Å². The fraction of sp³-hybridized carbons (Fsp3) is 0.483. The Bertz CT molecular complexity index is 1150. The third-order valence-electron chi connectivity index (χ3n) is 7.02. The maximum Gasteiger partial charge on any atom is 0.225 e. The Hall–Kier alpha value is -3.15. The first-order valence-electron chi connectivity index (χ1n) is 12.6. The molecule has 2 aromatic rings. The van der Waals surface area contributed by atoms with Crippen LogP contribution < -0.4 is 5.32 Å². The van der Waals surface area contributed by atoms with Gasteiger partial charge in [-0.3, -0.25) is 4.79 Å². The van der Waals surface area contributed by atoms with Crippen LogP contribution in [0.4, 0.5) is 8.78 Å². The molecule has 1 fully saturated rings. The highest BCUT2D eigenvalue weighted by Crippen LogP contribution is 2.38. The van der Waals surface area contributed by atoms with Crippen LogP contribution in [-0.4, -0.2) is 41.3 Å². The Morgan fingerprint density at radius 3 is 2.43 bits per heavy atom. The van der Waals surface area contributed by atoms with Gasteiger partial charge in [-0.2, -0.15) is 10.3 Å². The van der Waals surface area contributed by atoms with E-state index in [0.29, 0.717) is 31.2 Å². The summed E-state index contributed by atoms with van der Waals surface area (Å²) in [6.07, 6.45) is 3.58. The first kappa shape index (κ1) is 28.4. The Kier molecular flexibility index (Phi) is 9.16. The van der Waals surface area contributed by atoms with Crippen molar-refractivity contribution in [3.63, 3.8) is 0 Å². The number of aliphatic hydroxyl groups is 1. The summed E-state index contributed by atoms with van der Waals surface area (Å²) in [5.74, 6) is -1.72. The van der Waals surface area contributed by atoms with Crippen molar-refractivity contribution in [3.8, 4) is 6.19 Å². The smallest absolute Gasteiger partial charge is 0.225 e. The molecule has 0 aromatic heterocycles. The molecular weight excluding hydrogens is 474 g/mol. The van der Waals surface area contributed by atoms with E-state index in [1.165, 1.54) is 22.6 Å². The number of benzene rings is 2. The second-order valence-electron chi connectivity index (χ2n) is 11.0. The van der Waals surface area contributed by atoms with Crippen LogP contribution in [0.5, 0.6) is 0 Å². The van der Waals surface area contributed by atoms with Gasteiger partial charge in [0.05, 0.1) is 12.5 Å². The molecule has 1 saturated carbocycles. The quantitative estimate of drug-likeness (QED) is 0.492. The van der Waals surface area contributed by atoms with Crippen LogP contribution in [0.3, 0.4) is 0 Å². The van der Waals surface area contributed by atoms with Gasteiger partial charge in [0.15, 0.2) is 0 Å². The van der Waals surface area contributed by atoms with Crippen LogP contribution in [0.25, 0.3) is 0 Å². The molecule has 37 heavy (non-hydrogen) atoms. The summed E-state index contributed by atoms with van der Waals surface area (Å²) < 4.78 is 27.0. The Labute approximate surface area is 218 Å². The van der Waals surface area contributed by atoms with Gasteiger partial charge in [-0.05, 0) is 59.9 Å². The van der Waals surface area contributed by atoms with Crippen molar-refractivity contribution in [3.05, 3.63) is 70.8 Å². The van der Waals surface area contributed by atoms with E-state index in [1.807, 2.05) is 12.3 Å². The second-order valence-corrected chi connectivity index (χ2v) is 11.0. The van der Waals surface area contributed by atoms with E-state index in [2.05, 4.69) is 49.3 Å². The zero-order chi connectivity index (χ0) is 27.2. The highest BCUT2D eigenvalue weighted by molar-refractivity contribution is 5.86. The number of nitrogens with one attached hydrogen (secondary N) is 1. The zero-order valence-electron chi connectivity index (χ0n) is 22.0. The van der Waals surface area contributed by atoms with Gasteiger partial charge in [-0.15, -0.1) is 0 Å². The van der Waals surface area contributed by atoms with Crippen LogP contribution in [0.1, 0.15) is 69.6 Å². The van der Waals surface area contributed by atoms with Crippen molar-refractivity contribution in [2.24, 2.45) is 4.99 Å². The van der Waals surface area contributed by atoms with Gasteiger partial charge in [0, 0.05) is 37.5 Å². The summed E-state index contributed by atoms with van der Waals surface area (Å²) in [6.45, 7) is 6.72. The van der Waals surface area contributed by atoms with Gasteiger partial charge in [-0.1, -0.05) is 45.0 Å². The highest BCUT2D eigenvalue weighted by Gasteiger charge is 2.36. The molecule has 0 spiro atoms. The molecule has 0 saturated heterocycles. The second kappa shape index (κ2) is 11.9. The molecule has 1 atom stereocenters. The normalized spacial score (nSPS) is 18.7. The molecule has 8 heteroatoms.